The van der Waals surface area contributed by atoms with Crippen LogP contribution in [0.25, 0.3) is 85.9 Å². The lowest BCUT2D eigenvalue weighted by Crippen LogP contribution is -2.14. The molecule has 0 atom stereocenters. The lowest BCUT2D eigenvalue weighted by Gasteiger charge is -2.16. The number of pyridine rings is 6. The van der Waals surface area contributed by atoms with E-state index >= 15 is 0 Å². The highest BCUT2D eigenvalue weighted by Gasteiger charge is 2.27. The van der Waals surface area contributed by atoms with E-state index in [0.29, 0.717) is 102 Å². The number of nitrogens with zero attached hydrogens (tertiary/aromatic N) is 6. The number of thiophene rings is 4. The van der Waals surface area contributed by atoms with Gasteiger partial charge < -0.3 is 28.4 Å². The van der Waals surface area contributed by atoms with Crippen molar-refractivity contribution < 1.29 is 47.6 Å². The van der Waals surface area contributed by atoms with Crippen molar-refractivity contribution in [1.82, 2.24) is 29.9 Å². The molecule has 0 saturated heterocycles. The van der Waals surface area contributed by atoms with Crippen LogP contribution in [0.15, 0.2) is 142 Å². The summed E-state index contributed by atoms with van der Waals surface area (Å²) in [5.41, 5.74) is 5.95. The number of ether oxygens (including phenoxy) is 6. The van der Waals surface area contributed by atoms with Crippen LogP contribution in [0.2, 0.25) is 0 Å². The molecule has 22 heteroatoms. The predicted molar refractivity (Wildman–Crippen MR) is 333 cm³/mol. The summed E-state index contributed by atoms with van der Waals surface area (Å²) in [7, 11) is 0. The molecule has 0 N–H and O–H groups in total. The molecule has 10 aromatic rings. The summed E-state index contributed by atoms with van der Waals surface area (Å²) in [5, 5.41) is 0. The Bertz CT molecular complexity index is 3900. The normalized spacial score (nSPS) is 11.5. The van der Waals surface area contributed by atoms with Crippen LogP contribution in [0, 0.1) is 0 Å². The molecule has 10 aromatic heterocycles. The maximum atomic E-state index is 11.2. The molecule has 0 unspecified atom stereocenters. The summed E-state index contributed by atoms with van der Waals surface area (Å²) in [4.78, 5) is 78.0. The monoisotopic (exact) mass is 1230 g/mol. The fourth-order valence-corrected chi connectivity index (χ4v) is 15.5. The Hall–Kier alpha value is -8.12. The highest BCUT2D eigenvalue weighted by atomic mass is 32.2. The van der Waals surface area contributed by atoms with Crippen LogP contribution in [0.3, 0.4) is 0 Å². The van der Waals surface area contributed by atoms with Crippen LogP contribution >= 0.6 is 68.9 Å². The van der Waals surface area contributed by atoms with Crippen LogP contribution in [0.4, 0.5) is 0 Å². The van der Waals surface area contributed by atoms with Crippen LogP contribution < -0.4 is 28.4 Å². The Morgan fingerprint density at radius 2 is 0.845 bits per heavy atom. The van der Waals surface area contributed by atoms with Gasteiger partial charge in [-0.2, -0.15) is 0 Å². The molecule has 0 aromatic carbocycles. The van der Waals surface area contributed by atoms with Crippen molar-refractivity contribution in [3.05, 3.63) is 134 Å². The molecule has 1 aliphatic heterocycles. The fourth-order valence-electron chi connectivity index (χ4n) is 8.58. The smallest absolute Gasteiger partial charge is 0.298 e. The van der Waals surface area contributed by atoms with Gasteiger partial charge in [0.1, 0.15) is 40.4 Å². The van der Waals surface area contributed by atoms with Crippen molar-refractivity contribution in [1.29, 1.82) is 0 Å². The molecule has 16 nitrogen and oxygen atoms in total. The van der Waals surface area contributed by atoms with Gasteiger partial charge in [-0.25, -0.2) is 9.97 Å². The van der Waals surface area contributed by atoms with Gasteiger partial charge in [0, 0.05) is 85.6 Å². The van der Waals surface area contributed by atoms with E-state index in [0.717, 1.165) is 53.6 Å². The second-order valence-corrected chi connectivity index (χ2v) is 25.3. The zero-order valence-corrected chi connectivity index (χ0v) is 50.2. The zero-order valence-electron chi connectivity index (χ0n) is 45.3. The number of unbranched alkanes of at least 4 members (excludes halogenated alkanes) is 4. The van der Waals surface area contributed by atoms with Crippen LogP contribution in [-0.2, 0) is 19.2 Å². The molecule has 0 saturated carbocycles. The first-order valence-corrected chi connectivity index (χ1v) is 31.9. The van der Waals surface area contributed by atoms with Crippen molar-refractivity contribution in [2.45, 2.75) is 60.8 Å². The Morgan fingerprint density at radius 3 is 1.37 bits per heavy atom. The second-order valence-electron chi connectivity index (χ2n) is 18.2. The van der Waals surface area contributed by atoms with Gasteiger partial charge in [0.15, 0.2) is 11.5 Å². The lowest BCUT2D eigenvalue weighted by molar-refractivity contribution is -0.121. The molecule has 0 aliphatic carbocycles. The number of fused-ring (bicyclic) bond motifs is 1. The van der Waals surface area contributed by atoms with E-state index < -0.39 is 0 Å². The average Bonchev–Trinajstić information content (AvgIpc) is 3.17. The van der Waals surface area contributed by atoms with Crippen molar-refractivity contribution in [3.8, 4) is 120 Å². The third-order valence-corrected chi connectivity index (χ3v) is 20.1. The van der Waals surface area contributed by atoms with Crippen LogP contribution in [-0.4, -0.2) is 80.5 Å². The lowest BCUT2D eigenvalue weighted by atomic mass is 10.1. The minimum atomic E-state index is 0.280. The molecule has 0 amide bonds. The Kier molecular flexibility index (Phi) is 20.7. The van der Waals surface area contributed by atoms with Crippen molar-refractivity contribution in [2.75, 3.05) is 24.7 Å². The van der Waals surface area contributed by atoms with Gasteiger partial charge in [-0.15, -0.1) is 68.9 Å². The van der Waals surface area contributed by atoms with Gasteiger partial charge in [-0.05, 0) is 108 Å². The first-order valence-electron chi connectivity index (χ1n) is 26.6. The summed E-state index contributed by atoms with van der Waals surface area (Å²) in [6, 6.07) is 33.5. The summed E-state index contributed by atoms with van der Waals surface area (Å²) >= 11 is 10.8. The summed E-state index contributed by atoms with van der Waals surface area (Å²) in [6.07, 6.45) is 13.8. The third-order valence-electron chi connectivity index (χ3n) is 12.5. The van der Waals surface area contributed by atoms with Gasteiger partial charge >= 0.3 is 0 Å². The Morgan fingerprint density at radius 1 is 0.429 bits per heavy atom. The van der Waals surface area contributed by atoms with Crippen molar-refractivity contribution in [2.24, 2.45) is 0 Å². The van der Waals surface area contributed by atoms with Gasteiger partial charge in [0.2, 0.25) is 0 Å². The second kappa shape index (κ2) is 29.4. The topological polar surface area (TPSA) is 201 Å². The van der Waals surface area contributed by atoms with Gasteiger partial charge in [0.05, 0.1) is 54.6 Å². The Balaban J connectivity index is 0.000000188. The molecular formula is C62H52N6O10S6. The number of hydrogen-bond donors (Lipinski definition) is 0. The van der Waals surface area contributed by atoms with E-state index in [9.17, 15) is 19.2 Å². The first kappa shape index (κ1) is 59.1. The molecule has 11 heterocycles. The number of rotatable bonds is 26. The molecule has 426 valence electrons. The summed E-state index contributed by atoms with van der Waals surface area (Å²) in [6.45, 7) is 6.94. The standard InChI is InChI=1S/C32H27N3O6S3.C30H25N3O4S3/c1-2-3-4-13-42-32-30-29(38-11-12-39-30)31(44-32)28-6-5-27(43-28)20-7-9-33-23(14-20)25-16-22(41-19-37)17-26(35-25)24-15-21(40-18-36)8-10-34-24;1-2-3-4-13-38-30-8-7-29(40-30)28-6-5-27(39-28)20-9-11-31-23(14-20)25-16-22(37-19-35)17-26(33-25)24-15-21(36-18-34)10-12-32-24/h5-10,14-19H,2-4,11-13H2,1H3;5-12,14-19H,2-4,13H2,1H3. The number of carbonyl (C=O) groups excluding carboxylic acids is 4. The predicted octanol–water partition coefficient (Wildman–Crippen LogP) is 15.8. The zero-order chi connectivity index (χ0) is 58.0. The van der Waals surface area contributed by atoms with Crippen LogP contribution in [0.5, 0.6) is 34.5 Å². The highest BCUT2D eigenvalue weighted by Crippen LogP contribution is 2.55. The van der Waals surface area contributed by atoms with E-state index in [-0.39, 0.29) is 5.75 Å². The number of hydrogen-bond acceptors (Lipinski definition) is 22. The number of thioether (sulfide) groups is 2. The van der Waals surface area contributed by atoms with E-state index in [4.69, 9.17) is 38.4 Å². The van der Waals surface area contributed by atoms with Crippen molar-refractivity contribution in [3.63, 3.8) is 0 Å². The van der Waals surface area contributed by atoms with E-state index in [1.807, 2.05) is 59.1 Å². The third kappa shape index (κ3) is 15.0. The van der Waals surface area contributed by atoms with E-state index in [1.165, 1.54) is 69.1 Å². The summed E-state index contributed by atoms with van der Waals surface area (Å²) in [5.74, 6) is 5.14. The van der Waals surface area contributed by atoms with E-state index in [2.05, 4.69) is 70.2 Å². The first-order chi connectivity index (χ1) is 41.3. The molecule has 0 bridgehead atoms. The fraction of sp³-hybridized carbons (Fsp3) is 0.194. The molecule has 0 radical (unpaired) electrons. The Labute approximate surface area is 508 Å². The number of carbonyl (C=O) groups is 4. The minimum absolute atomic E-state index is 0.280. The van der Waals surface area contributed by atoms with Crippen molar-refractivity contribution >= 4 is 94.8 Å². The SMILES string of the molecule is CCCCCSc1ccc(-c2ccc(-c3ccnc(-c4cc(OC=O)cc(-c5cc(OC=O)ccn5)n4)c3)s2)s1.CCCCCSc1sc(-c2ccc(-c3ccnc(-c4cc(OC=O)cc(-c5cc(OC=O)ccn5)n4)c3)s2)c2c1OCCO2. The van der Waals surface area contributed by atoms with Gasteiger partial charge in [0.25, 0.3) is 25.9 Å². The highest BCUT2D eigenvalue weighted by molar-refractivity contribution is 8.01. The molecule has 84 heavy (non-hydrogen) atoms. The summed E-state index contributed by atoms with van der Waals surface area (Å²) < 4.78 is 34.9. The van der Waals surface area contributed by atoms with Gasteiger partial charge in [-0.1, -0.05) is 39.5 Å². The van der Waals surface area contributed by atoms with Gasteiger partial charge in [-0.3, -0.25) is 39.1 Å². The number of aromatic nitrogens is 6. The quantitative estimate of drug-likeness (QED) is 0.0281. The maximum absolute atomic E-state index is 11.2. The largest absolute Gasteiger partial charge is 0.485 e. The maximum Gasteiger partial charge on any atom is 0.298 e. The molecule has 0 fully saturated rings. The molecule has 11 rings (SSSR count). The molecule has 0 spiro atoms. The van der Waals surface area contributed by atoms with Crippen LogP contribution in [0.1, 0.15) is 52.4 Å². The molecule has 1 aliphatic rings. The average molecular weight is 1230 g/mol. The minimum Gasteiger partial charge on any atom is -0.485 e. The van der Waals surface area contributed by atoms with E-state index in [1.54, 1.807) is 94.9 Å². The molecular weight excluding hydrogens is 1180 g/mol.